The molecule has 0 unspecified atom stereocenters. The number of benzene rings is 1. The first kappa shape index (κ1) is 16.0. The van der Waals surface area contributed by atoms with Gasteiger partial charge in [-0.25, -0.2) is 9.37 Å². The molecule has 7 heteroatoms. The minimum atomic E-state index is -0.239. The molecule has 0 spiro atoms. The van der Waals surface area contributed by atoms with Crippen LogP contribution in [-0.2, 0) is 16.0 Å². The predicted octanol–water partition coefficient (Wildman–Crippen LogP) is 0.727. The Balaban J connectivity index is 1.52. The lowest BCUT2D eigenvalue weighted by molar-refractivity contribution is -0.899. The van der Waals surface area contributed by atoms with E-state index >= 15 is 0 Å². The monoisotopic (exact) mass is 336 g/mol. The average molecular weight is 336 g/mol. The molecule has 2 aromatic rings. The maximum atomic E-state index is 12.9. The number of thiazole rings is 1. The van der Waals surface area contributed by atoms with E-state index in [0.29, 0.717) is 31.3 Å². The van der Waals surface area contributed by atoms with Crippen molar-refractivity contribution in [3.8, 4) is 0 Å². The number of hydrogen-bond donors (Lipinski definition) is 2. The van der Waals surface area contributed by atoms with Crippen LogP contribution in [0.2, 0.25) is 0 Å². The third-order valence-electron chi connectivity index (χ3n) is 3.70. The summed E-state index contributed by atoms with van der Waals surface area (Å²) in [6.07, 6.45) is 2.44. The van der Waals surface area contributed by atoms with E-state index in [9.17, 15) is 9.18 Å². The lowest BCUT2D eigenvalue weighted by Crippen LogP contribution is -3.15. The first-order chi connectivity index (χ1) is 11.2. The lowest BCUT2D eigenvalue weighted by Gasteiger charge is -2.22. The van der Waals surface area contributed by atoms with Gasteiger partial charge in [0.25, 0.3) is 5.91 Å². The zero-order chi connectivity index (χ0) is 16.1. The molecule has 5 nitrogen and oxygen atoms in total. The Morgan fingerprint density at radius 3 is 2.78 bits per heavy atom. The molecule has 1 saturated heterocycles. The number of amides is 1. The van der Waals surface area contributed by atoms with Crippen molar-refractivity contribution in [2.75, 3.05) is 38.2 Å². The zero-order valence-corrected chi connectivity index (χ0v) is 13.5. The largest absolute Gasteiger partial charge is 0.370 e. The summed E-state index contributed by atoms with van der Waals surface area (Å²) < 4.78 is 18.2. The van der Waals surface area contributed by atoms with E-state index in [-0.39, 0.29) is 11.7 Å². The summed E-state index contributed by atoms with van der Waals surface area (Å²) in [4.78, 5) is 18.5. The standard InChI is InChI=1S/C16H18FN3O2S/c17-13-3-1-12(2-4-13)9-14-10-18-16(23-14)19-15(21)11-20-5-7-22-8-6-20/h1-4,10H,5-9,11H2,(H,18,19,21)/p+1. The summed E-state index contributed by atoms with van der Waals surface area (Å²) in [6.45, 7) is 3.59. The minimum absolute atomic E-state index is 0.0235. The Bertz CT molecular complexity index is 654. The molecule has 23 heavy (non-hydrogen) atoms. The first-order valence-electron chi connectivity index (χ1n) is 7.59. The molecule has 1 aliphatic heterocycles. The SMILES string of the molecule is O=C(C[NH+]1CCOCC1)Nc1ncc(Cc2ccc(F)cc2)s1. The number of nitrogens with zero attached hydrogens (tertiary/aromatic N) is 1. The van der Waals surface area contributed by atoms with Gasteiger partial charge in [0.1, 0.15) is 18.9 Å². The first-order valence-corrected chi connectivity index (χ1v) is 8.41. The van der Waals surface area contributed by atoms with E-state index in [1.165, 1.54) is 28.4 Å². The Hall–Kier alpha value is -1.83. The molecule has 2 N–H and O–H groups in total. The molecule has 122 valence electrons. The summed E-state index contributed by atoms with van der Waals surface area (Å²) in [5.41, 5.74) is 1.02. The van der Waals surface area contributed by atoms with Crippen molar-refractivity contribution in [2.24, 2.45) is 0 Å². The Labute approximate surface area is 138 Å². The Morgan fingerprint density at radius 2 is 2.04 bits per heavy atom. The molecule has 1 aromatic heterocycles. The van der Waals surface area contributed by atoms with Gasteiger partial charge in [-0.1, -0.05) is 12.1 Å². The van der Waals surface area contributed by atoms with Gasteiger partial charge < -0.3 is 9.64 Å². The van der Waals surface area contributed by atoms with Crippen LogP contribution in [0.25, 0.3) is 0 Å². The minimum Gasteiger partial charge on any atom is -0.370 e. The Morgan fingerprint density at radius 1 is 1.30 bits per heavy atom. The van der Waals surface area contributed by atoms with E-state index in [2.05, 4.69) is 10.3 Å². The lowest BCUT2D eigenvalue weighted by atomic mass is 10.1. The van der Waals surface area contributed by atoms with Gasteiger partial charge in [-0.2, -0.15) is 0 Å². The molecular formula is C16H19FN3O2S+. The molecule has 1 amide bonds. The number of carbonyl (C=O) groups excluding carboxylic acids is 1. The van der Waals surface area contributed by atoms with Crippen molar-refractivity contribution in [2.45, 2.75) is 6.42 Å². The molecule has 0 bridgehead atoms. The second-order valence-corrected chi connectivity index (χ2v) is 6.64. The van der Waals surface area contributed by atoms with Gasteiger partial charge in [-0.15, -0.1) is 11.3 Å². The van der Waals surface area contributed by atoms with Crippen LogP contribution in [0.15, 0.2) is 30.5 Å². The number of halogens is 1. The van der Waals surface area contributed by atoms with Crippen molar-refractivity contribution in [3.05, 3.63) is 46.7 Å². The highest BCUT2D eigenvalue weighted by Gasteiger charge is 2.18. The number of morpholine rings is 1. The quantitative estimate of drug-likeness (QED) is 0.846. The van der Waals surface area contributed by atoms with Crippen molar-refractivity contribution < 1.29 is 18.8 Å². The molecule has 1 aromatic carbocycles. The van der Waals surface area contributed by atoms with Crippen LogP contribution < -0.4 is 10.2 Å². The van der Waals surface area contributed by atoms with Crippen LogP contribution >= 0.6 is 11.3 Å². The van der Waals surface area contributed by atoms with E-state index in [1.54, 1.807) is 18.3 Å². The highest BCUT2D eigenvalue weighted by Crippen LogP contribution is 2.21. The van der Waals surface area contributed by atoms with Crippen molar-refractivity contribution in [1.29, 1.82) is 0 Å². The van der Waals surface area contributed by atoms with Gasteiger partial charge in [0.2, 0.25) is 0 Å². The van der Waals surface area contributed by atoms with Crippen LogP contribution in [0.1, 0.15) is 10.4 Å². The summed E-state index contributed by atoms with van der Waals surface area (Å²) >= 11 is 1.45. The van der Waals surface area contributed by atoms with Gasteiger partial charge in [-0.3, -0.25) is 10.1 Å². The molecule has 1 aliphatic rings. The summed E-state index contributed by atoms with van der Waals surface area (Å²) in [5.74, 6) is -0.263. The molecule has 0 aliphatic carbocycles. The number of carbonyl (C=O) groups is 1. The van der Waals surface area contributed by atoms with Gasteiger partial charge >= 0.3 is 0 Å². The average Bonchev–Trinajstić information content (AvgIpc) is 2.97. The summed E-state index contributed by atoms with van der Waals surface area (Å²) in [6, 6.07) is 6.42. The van der Waals surface area contributed by atoms with E-state index in [1.807, 2.05) is 0 Å². The third-order valence-corrected chi connectivity index (χ3v) is 4.61. The number of ether oxygens (including phenoxy) is 1. The molecular weight excluding hydrogens is 317 g/mol. The third kappa shape index (κ3) is 4.82. The number of aromatic nitrogens is 1. The van der Waals surface area contributed by atoms with Gasteiger partial charge in [0.15, 0.2) is 11.7 Å². The van der Waals surface area contributed by atoms with Crippen molar-refractivity contribution >= 4 is 22.4 Å². The fraction of sp³-hybridized carbons (Fsp3) is 0.375. The smallest absolute Gasteiger partial charge is 0.281 e. The van der Waals surface area contributed by atoms with Crippen molar-refractivity contribution in [1.82, 2.24) is 4.98 Å². The van der Waals surface area contributed by atoms with Gasteiger partial charge in [0, 0.05) is 17.5 Å². The molecule has 0 radical (unpaired) electrons. The molecule has 0 saturated carbocycles. The summed E-state index contributed by atoms with van der Waals surface area (Å²) in [7, 11) is 0. The van der Waals surface area contributed by atoms with E-state index in [0.717, 1.165) is 23.5 Å². The second kappa shape index (κ2) is 7.63. The van der Waals surface area contributed by atoms with Crippen LogP contribution in [0.5, 0.6) is 0 Å². The number of quaternary nitrogens is 1. The van der Waals surface area contributed by atoms with Gasteiger partial charge in [-0.05, 0) is 17.7 Å². The topological polar surface area (TPSA) is 55.7 Å². The highest BCUT2D eigenvalue weighted by molar-refractivity contribution is 7.15. The molecule has 2 heterocycles. The second-order valence-electron chi connectivity index (χ2n) is 5.52. The highest BCUT2D eigenvalue weighted by atomic mass is 32.1. The molecule has 1 fully saturated rings. The van der Waals surface area contributed by atoms with Crippen LogP contribution in [-0.4, -0.2) is 43.7 Å². The van der Waals surface area contributed by atoms with Crippen LogP contribution in [0, 0.1) is 5.82 Å². The fourth-order valence-electron chi connectivity index (χ4n) is 2.48. The number of rotatable bonds is 5. The van der Waals surface area contributed by atoms with E-state index < -0.39 is 0 Å². The van der Waals surface area contributed by atoms with E-state index in [4.69, 9.17) is 4.74 Å². The maximum absolute atomic E-state index is 12.9. The summed E-state index contributed by atoms with van der Waals surface area (Å²) in [5, 5.41) is 3.46. The normalized spacial score (nSPS) is 15.5. The van der Waals surface area contributed by atoms with Gasteiger partial charge in [0.05, 0.1) is 13.2 Å². The Kier molecular flexibility index (Phi) is 5.32. The van der Waals surface area contributed by atoms with Crippen molar-refractivity contribution in [3.63, 3.8) is 0 Å². The molecule has 3 rings (SSSR count). The predicted molar refractivity (Wildman–Crippen MR) is 86.3 cm³/mol. The maximum Gasteiger partial charge on any atom is 0.281 e. The fourth-order valence-corrected chi connectivity index (χ4v) is 3.34. The van der Waals surface area contributed by atoms with Crippen LogP contribution in [0.3, 0.4) is 0 Å². The van der Waals surface area contributed by atoms with Crippen LogP contribution in [0.4, 0.5) is 9.52 Å². The number of nitrogens with one attached hydrogen (secondary N) is 2. The zero-order valence-electron chi connectivity index (χ0n) is 12.7. The number of hydrogen-bond acceptors (Lipinski definition) is 4. The molecule has 0 atom stereocenters. The number of anilines is 1.